The summed E-state index contributed by atoms with van der Waals surface area (Å²) in [5, 5.41) is 0. The number of rotatable bonds is 8. The topological polar surface area (TPSA) is 110 Å². The molecule has 3 saturated heterocycles. The van der Waals surface area contributed by atoms with Gasteiger partial charge in [-0.2, -0.15) is 0 Å². The molecule has 3 aromatic rings. The van der Waals surface area contributed by atoms with Crippen LogP contribution in [-0.4, -0.2) is 105 Å². The Labute approximate surface area is 288 Å². The van der Waals surface area contributed by atoms with Gasteiger partial charge in [-0.05, 0) is 81.3 Å². The fourth-order valence-corrected chi connectivity index (χ4v) is 7.33. The second kappa shape index (κ2) is 14.4. The number of fused-ring (bicyclic) bond motifs is 1. The first-order valence-electron chi connectivity index (χ1n) is 17.5. The van der Waals surface area contributed by atoms with Gasteiger partial charge < -0.3 is 19.3 Å². The van der Waals surface area contributed by atoms with E-state index in [1.807, 2.05) is 62.1 Å². The first-order valence-corrected chi connectivity index (χ1v) is 17.5. The van der Waals surface area contributed by atoms with Gasteiger partial charge in [-0.3, -0.25) is 28.5 Å². The molecule has 12 nitrogen and oxygen atoms in total. The normalized spacial score (nSPS) is 20.3. The Morgan fingerprint density at radius 1 is 0.816 bits per heavy atom. The molecule has 1 unspecified atom stereocenters. The molecule has 0 spiro atoms. The Balaban J connectivity index is 1.07. The lowest BCUT2D eigenvalue weighted by Crippen LogP contribution is -2.49. The molecule has 3 aliphatic rings. The van der Waals surface area contributed by atoms with Gasteiger partial charge in [-0.15, -0.1) is 0 Å². The lowest BCUT2D eigenvalue weighted by molar-refractivity contribution is -0.151. The molecule has 0 aliphatic carbocycles. The molecule has 0 N–H and O–H groups in total. The predicted octanol–water partition coefficient (Wildman–Crippen LogP) is 4.00. The number of aryl methyl sites for hydroxylation is 1. The van der Waals surface area contributed by atoms with Crippen LogP contribution in [0.5, 0.6) is 5.75 Å². The number of aromatic nitrogens is 2. The molecule has 12 heteroatoms. The van der Waals surface area contributed by atoms with Gasteiger partial charge in [0.25, 0.3) is 5.91 Å². The number of hydrogen-bond donors (Lipinski definition) is 0. The highest BCUT2D eigenvalue weighted by atomic mass is 16.6. The summed E-state index contributed by atoms with van der Waals surface area (Å²) in [6.45, 7) is 13.0. The Morgan fingerprint density at radius 3 is 2.12 bits per heavy atom. The standard InChI is InChI=1S/C37H50N6O6/c1-37(2,3)49-36(47)41-16-14-27(15-17-41)23-39-18-20-40(21-19-39)24-28-8-11-30-32(22-28)43(35(46)38(30)4)31-12-13-33(44)42(34(31)45)25-26-6-9-29(48-5)10-7-26/h6-11,22,27,31H,12-21,23-25H2,1-5H3. The van der Waals surface area contributed by atoms with E-state index in [-0.39, 0.29) is 36.6 Å². The van der Waals surface area contributed by atoms with Crippen molar-refractivity contribution in [3.8, 4) is 5.75 Å². The summed E-state index contributed by atoms with van der Waals surface area (Å²) < 4.78 is 14.0. The number of carbonyl (C=O) groups excluding carboxylic acids is 3. The summed E-state index contributed by atoms with van der Waals surface area (Å²) in [5.74, 6) is 0.703. The number of ether oxygens (including phenoxy) is 2. The molecule has 0 radical (unpaired) electrons. The third-order valence-electron chi connectivity index (χ3n) is 10.1. The van der Waals surface area contributed by atoms with Crippen LogP contribution < -0.4 is 10.4 Å². The molecule has 3 fully saturated rings. The summed E-state index contributed by atoms with van der Waals surface area (Å²) in [7, 11) is 3.32. The molecular weight excluding hydrogens is 624 g/mol. The number of benzene rings is 2. The zero-order valence-corrected chi connectivity index (χ0v) is 29.5. The van der Waals surface area contributed by atoms with Crippen molar-refractivity contribution in [1.29, 1.82) is 0 Å². The Bertz CT molecular complexity index is 1720. The smallest absolute Gasteiger partial charge is 0.410 e. The molecular formula is C37H50N6O6. The number of piperidine rings is 2. The van der Waals surface area contributed by atoms with E-state index < -0.39 is 11.6 Å². The molecule has 49 heavy (non-hydrogen) atoms. The Hall–Kier alpha value is -4.16. The molecule has 0 bridgehead atoms. The summed E-state index contributed by atoms with van der Waals surface area (Å²) in [5.41, 5.74) is 2.66. The number of carbonyl (C=O) groups is 3. The maximum Gasteiger partial charge on any atom is 0.410 e. The number of likely N-dealkylation sites (tertiary alicyclic amines) is 2. The summed E-state index contributed by atoms with van der Waals surface area (Å²) in [6.07, 6.45) is 2.27. The quantitative estimate of drug-likeness (QED) is 0.330. The van der Waals surface area contributed by atoms with Gasteiger partial charge in [0.1, 0.15) is 17.4 Å². The van der Waals surface area contributed by atoms with Crippen LogP contribution in [0.3, 0.4) is 0 Å². The van der Waals surface area contributed by atoms with Crippen LogP contribution in [0.2, 0.25) is 0 Å². The molecule has 264 valence electrons. The van der Waals surface area contributed by atoms with Crippen LogP contribution in [0.15, 0.2) is 47.3 Å². The van der Waals surface area contributed by atoms with Crippen LogP contribution in [-0.2, 0) is 34.5 Å². The molecule has 3 amide bonds. The number of piperazine rings is 1. The van der Waals surface area contributed by atoms with Crippen molar-refractivity contribution in [2.75, 3.05) is 52.9 Å². The molecule has 3 aliphatic heterocycles. The zero-order valence-electron chi connectivity index (χ0n) is 29.5. The van der Waals surface area contributed by atoms with Gasteiger partial charge in [0.05, 0.1) is 24.7 Å². The molecule has 1 aromatic heterocycles. The van der Waals surface area contributed by atoms with Crippen LogP contribution >= 0.6 is 0 Å². The van der Waals surface area contributed by atoms with E-state index in [0.717, 1.165) is 87.4 Å². The molecule has 4 heterocycles. The fourth-order valence-electron chi connectivity index (χ4n) is 7.33. The molecule has 2 aromatic carbocycles. The summed E-state index contributed by atoms with van der Waals surface area (Å²) in [6, 6.07) is 12.6. The number of hydrogen-bond acceptors (Lipinski definition) is 8. The third-order valence-corrected chi connectivity index (χ3v) is 10.1. The largest absolute Gasteiger partial charge is 0.497 e. The fraction of sp³-hybridized carbons (Fsp3) is 0.568. The summed E-state index contributed by atoms with van der Waals surface area (Å²) >= 11 is 0. The highest BCUT2D eigenvalue weighted by Crippen LogP contribution is 2.29. The molecule has 1 atom stereocenters. The number of imidazole rings is 1. The SMILES string of the molecule is COc1ccc(CN2C(=O)CCC(n3c(=O)n(C)c4ccc(CN5CCN(CC6CCN(C(=O)OC(C)(C)C)CC6)CC5)cc43)C2=O)cc1. The van der Waals surface area contributed by atoms with E-state index in [9.17, 15) is 19.2 Å². The molecule has 6 rings (SSSR count). The number of nitrogens with zero attached hydrogens (tertiary/aromatic N) is 6. The van der Waals surface area contributed by atoms with Crippen LogP contribution in [0, 0.1) is 5.92 Å². The van der Waals surface area contributed by atoms with Gasteiger partial charge in [-0.25, -0.2) is 9.59 Å². The van der Waals surface area contributed by atoms with Gasteiger partial charge >= 0.3 is 11.8 Å². The maximum absolute atomic E-state index is 13.8. The maximum atomic E-state index is 13.8. The first-order chi connectivity index (χ1) is 23.4. The van der Waals surface area contributed by atoms with Gasteiger partial charge in [0.2, 0.25) is 5.91 Å². The van der Waals surface area contributed by atoms with Crippen molar-refractivity contribution in [3.05, 3.63) is 64.1 Å². The lowest BCUT2D eigenvalue weighted by Gasteiger charge is -2.39. The Morgan fingerprint density at radius 2 is 1.47 bits per heavy atom. The number of amides is 3. The van der Waals surface area contributed by atoms with Crippen molar-refractivity contribution >= 4 is 28.9 Å². The first kappa shape index (κ1) is 34.7. The van der Waals surface area contributed by atoms with E-state index in [0.29, 0.717) is 18.1 Å². The van der Waals surface area contributed by atoms with Crippen molar-refractivity contribution in [2.45, 2.75) is 71.2 Å². The Kier molecular flexibility index (Phi) is 10.2. The number of imide groups is 1. The van der Waals surface area contributed by atoms with Crippen molar-refractivity contribution in [2.24, 2.45) is 13.0 Å². The van der Waals surface area contributed by atoms with E-state index >= 15 is 0 Å². The minimum atomic E-state index is -0.748. The average Bonchev–Trinajstić information content (AvgIpc) is 3.32. The molecule has 0 saturated carbocycles. The highest BCUT2D eigenvalue weighted by molar-refractivity contribution is 6.00. The second-order valence-corrected chi connectivity index (χ2v) is 14.7. The van der Waals surface area contributed by atoms with E-state index in [1.165, 1.54) is 4.90 Å². The van der Waals surface area contributed by atoms with Crippen molar-refractivity contribution < 1.29 is 23.9 Å². The predicted molar refractivity (Wildman–Crippen MR) is 186 cm³/mol. The second-order valence-electron chi connectivity index (χ2n) is 14.7. The van der Waals surface area contributed by atoms with E-state index in [2.05, 4.69) is 15.9 Å². The van der Waals surface area contributed by atoms with Crippen molar-refractivity contribution in [3.63, 3.8) is 0 Å². The lowest BCUT2D eigenvalue weighted by atomic mass is 9.96. The average molecular weight is 675 g/mol. The number of methoxy groups -OCH3 is 1. The van der Waals surface area contributed by atoms with E-state index in [4.69, 9.17) is 9.47 Å². The zero-order chi connectivity index (χ0) is 34.9. The third kappa shape index (κ3) is 7.86. The highest BCUT2D eigenvalue weighted by Gasteiger charge is 2.37. The van der Waals surface area contributed by atoms with E-state index in [1.54, 1.807) is 23.3 Å². The van der Waals surface area contributed by atoms with Crippen molar-refractivity contribution in [1.82, 2.24) is 28.7 Å². The summed E-state index contributed by atoms with van der Waals surface area (Å²) in [4.78, 5) is 60.8. The van der Waals surface area contributed by atoms with Gasteiger partial charge in [-0.1, -0.05) is 18.2 Å². The van der Waals surface area contributed by atoms with Crippen LogP contribution in [0.25, 0.3) is 11.0 Å². The monoisotopic (exact) mass is 674 g/mol. The van der Waals surface area contributed by atoms with Crippen LogP contribution in [0.4, 0.5) is 4.79 Å². The van der Waals surface area contributed by atoms with Gasteiger partial charge in [0.15, 0.2) is 0 Å². The van der Waals surface area contributed by atoms with Gasteiger partial charge in [0, 0.05) is 65.8 Å². The minimum Gasteiger partial charge on any atom is -0.497 e. The van der Waals surface area contributed by atoms with Crippen LogP contribution in [0.1, 0.15) is 63.6 Å². The minimum absolute atomic E-state index is 0.153.